The van der Waals surface area contributed by atoms with Crippen molar-refractivity contribution in [1.82, 2.24) is 15.2 Å². The van der Waals surface area contributed by atoms with E-state index >= 15 is 0 Å². The largest absolute Gasteiger partial charge is 0.506 e. The van der Waals surface area contributed by atoms with Gasteiger partial charge in [-0.1, -0.05) is 24.3 Å². The van der Waals surface area contributed by atoms with Gasteiger partial charge in [-0.15, -0.1) is 0 Å². The highest BCUT2D eigenvalue weighted by atomic mass is 16.3. The molecule has 148 valence electrons. The highest BCUT2D eigenvalue weighted by molar-refractivity contribution is 5.84. The molecule has 1 unspecified atom stereocenters. The van der Waals surface area contributed by atoms with Crippen LogP contribution in [0.3, 0.4) is 0 Å². The Morgan fingerprint density at radius 3 is 2.86 bits per heavy atom. The first-order chi connectivity index (χ1) is 13.5. The Morgan fingerprint density at radius 2 is 2.07 bits per heavy atom. The monoisotopic (exact) mass is 381 g/mol. The van der Waals surface area contributed by atoms with Crippen molar-refractivity contribution in [2.24, 2.45) is 5.41 Å². The summed E-state index contributed by atoms with van der Waals surface area (Å²) in [6, 6.07) is 8.26. The van der Waals surface area contributed by atoms with Crippen molar-refractivity contribution in [1.29, 1.82) is 0 Å². The second kappa shape index (κ2) is 7.53. The van der Waals surface area contributed by atoms with E-state index in [0.717, 1.165) is 25.8 Å². The van der Waals surface area contributed by atoms with Crippen LogP contribution in [0.4, 0.5) is 0 Å². The van der Waals surface area contributed by atoms with Crippen molar-refractivity contribution >= 4 is 5.91 Å². The molecule has 3 heterocycles. The molecular weight excluding hydrogens is 354 g/mol. The lowest BCUT2D eigenvalue weighted by Crippen LogP contribution is -2.51. The molecule has 1 fully saturated rings. The number of nitrogens with one attached hydrogen (secondary N) is 1. The van der Waals surface area contributed by atoms with Crippen molar-refractivity contribution in [3.63, 3.8) is 0 Å². The second-order valence-electron chi connectivity index (χ2n) is 8.08. The number of amides is 1. The summed E-state index contributed by atoms with van der Waals surface area (Å²) in [6.07, 6.45) is 4.14. The molecule has 0 bridgehead atoms. The maximum Gasteiger partial charge on any atom is 0.228 e. The summed E-state index contributed by atoms with van der Waals surface area (Å²) in [4.78, 5) is 19.4. The van der Waals surface area contributed by atoms with Gasteiger partial charge in [-0.25, -0.2) is 0 Å². The standard InChI is InChI=1S/C22H27N3O3/c1-15-20(27)19(18(13-26)11-23-15)12-25-8-4-7-22(14-25)9-16-5-2-3-6-17(16)10-24-21(22)28/h2-3,5-6,11,26-27H,4,7-10,12-14H2,1H3,(H,24,28). The van der Waals surface area contributed by atoms with Crippen LogP contribution in [0.1, 0.15) is 40.8 Å². The third kappa shape index (κ3) is 3.38. The maximum absolute atomic E-state index is 13.1. The van der Waals surface area contributed by atoms with E-state index in [1.165, 1.54) is 11.1 Å². The smallest absolute Gasteiger partial charge is 0.228 e. The molecule has 1 aromatic heterocycles. The Hall–Kier alpha value is -2.44. The Labute approximate surface area is 165 Å². The van der Waals surface area contributed by atoms with E-state index in [1.807, 2.05) is 12.1 Å². The predicted molar refractivity (Wildman–Crippen MR) is 105 cm³/mol. The molecule has 0 radical (unpaired) electrons. The van der Waals surface area contributed by atoms with E-state index in [-0.39, 0.29) is 18.3 Å². The summed E-state index contributed by atoms with van der Waals surface area (Å²) in [6.45, 7) is 4.18. The fraction of sp³-hybridized carbons (Fsp3) is 0.455. The molecule has 3 N–H and O–H groups in total. The number of benzene rings is 1. The molecular formula is C22H27N3O3. The summed E-state index contributed by atoms with van der Waals surface area (Å²) >= 11 is 0. The first-order valence-electron chi connectivity index (χ1n) is 9.87. The first-order valence-corrected chi connectivity index (χ1v) is 9.87. The number of rotatable bonds is 3. The Balaban J connectivity index is 1.61. The Kier molecular flexibility index (Phi) is 5.08. The number of carbonyl (C=O) groups is 1. The SMILES string of the molecule is Cc1ncc(CO)c(CN2CCCC3(Cc4ccccc4CNC3=O)C2)c1O. The first kappa shape index (κ1) is 18.9. The van der Waals surface area contributed by atoms with E-state index in [0.29, 0.717) is 36.5 Å². The van der Waals surface area contributed by atoms with Crippen molar-refractivity contribution in [2.75, 3.05) is 13.1 Å². The average Bonchev–Trinajstić information content (AvgIpc) is 2.83. The van der Waals surface area contributed by atoms with Crippen molar-refractivity contribution in [2.45, 2.75) is 45.9 Å². The van der Waals surface area contributed by atoms with Crippen molar-refractivity contribution in [3.05, 3.63) is 58.4 Å². The fourth-order valence-corrected chi connectivity index (χ4v) is 4.62. The number of aliphatic hydroxyl groups is 1. The zero-order chi connectivity index (χ0) is 19.7. The zero-order valence-electron chi connectivity index (χ0n) is 16.2. The second-order valence-corrected chi connectivity index (χ2v) is 8.08. The molecule has 6 nitrogen and oxygen atoms in total. The number of nitrogens with zero attached hydrogens (tertiary/aromatic N) is 2. The number of aromatic hydroxyl groups is 1. The molecule has 4 rings (SSSR count). The minimum Gasteiger partial charge on any atom is -0.506 e. The lowest BCUT2D eigenvalue weighted by molar-refractivity contribution is -0.134. The van der Waals surface area contributed by atoms with Gasteiger partial charge in [0, 0.05) is 37.0 Å². The third-order valence-corrected chi connectivity index (χ3v) is 6.21. The van der Waals surface area contributed by atoms with Gasteiger partial charge in [0.2, 0.25) is 5.91 Å². The van der Waals surface area contributed by atoms with Gasteiger partial charge < -0.3 is 15.5 Å². The number of hydrogen-bond donors (Lipinski definition) is 3. The van der Waals surface area contributed by atoms with Gasteiger partial charge in [-0.2, -0.15) is 0 Å². The molecule has 0 aliphatic carbocycles. The normalized spacial score (nSPS) is 22.6. The molecule has 2 aliphatic heterocycles. The van der Waals surface area contributed by atoms with Crippen LogP contribution in [0, 0.1) is 12.3 Å². The predicted octanol–water partition coefficient (Wildman–Crippen LogP) is 2.04. The van der Waals surface area contributed by atoms with E-state index < -0.39 is 5.41 Å². The molecule has 2 aromatic rings. The van der Waals surface area contributed by atoms with Gasteiger partial charge >= 0.3 is 0 Å². The summed E-state index contributed by atoms with van der Waals surface area (Å²) < 4.78 is 0. The van der Waals surface area contributed by atoms with Gasteiger partial charge in [0.05, 0.1) is 17.7 Å². The van der Waals surface area contributed by atoms with Crippen LogP contribution in [0.15, 0.2) is 30.5 Å². The number of fused-ring (bicyclic) bond motifs is 1. The molecule has 2 aliphatic rings. The molecule has 1 amide bonds. The summed E-state index contributed by atoms with van der Waals surface area (Å²) in [5.41, 5.74) is 3.87. The maximum atomic E-state index is 13.1. The van der Waals surface area contributed by atoms with Crippen molar-refractivity contribution in [3.8, 4) is 5.75 Å². The highest BCUT2D eigenvalue weighted by Crippen LogP contribution is 2.38. The van der Waals surface area contributed by atoms with Crippen molar-refractivity contribution < 1.29 is 15.0 Å². The molecule has 1 saturated heterocycles. The fourth-order valence-electron chi connectivity index (χ4n) is 4.62. The van der Waals surface area contributed by atoms with Gasteiger partial charge in [0.25, 0.3) is 0 Å². The number of hydrogen-bond acceptors (Lipinski definition) is 5. The van der Waals surface area contributed by atoms with Crippen LogP contribution in [0.2, 0.25) is 0 Å². The highest BCUT2D eigenvalue weighted by Gasteiger charge is 2.43. The van der Waals surface area contributed by atoms with Crippen LogP contribution >= 0.6 is 0 Å². The molecule has 1 spiro atoms. The number of piperidine rings is 1. The van der Waals surface area contributed by atoms with Crippen LogP contribution in [0.25, 0.3) is 0 Å². The van der Waals surface area contributed by atoms with Crippen LogP contribution in [-0.4, -0.2) is 39.1 Å². The lowest BCUT2D eigenvalue weighted by atomic mass is 9.74. The molecule has 6 heteroatoms. The van der Waals surface area contributed by atoms with Crippen LogP contribution < -0.4 is 5.32 Å². The number of aromatic nitrogens is 1. The molecule has 1 aromatic carbocycles. The number of aliphatic hydroxyl groups excluding tert-OH is 1. The quantitative estimate of drug-likeness (QED) is 0.758. The molecule has 1 atom stereocenters. The van der Waals surface area contributed by atoms with E-state index in [4.69, 9.17) is 0 Å². The summed E-state index contributed by atoms with van der Waals surface area (Å²) in [5, 5.41) is 23.3. The van der Waals surface area contributed by atoms with Gasteiger partial charge in [0.1, 0.15) is 5.75 Å². The van der Waals surface area contributed by atoms with Gasteiger partial charge in [-0.05, 0) is 43.9 Å². The minimum atomic E-state index is -0.456. The number of likely N-dealkylation sites (tertiary alicyclic amines) is 1. The molecule has 28 heavy (non-hydrogen) atoms. The minimum absolute atomic E-state index is 0.117. The van der Waals surface area contributed by atoms with E-state index in [9.17, 15) is 15.0 Å². The average molecular weight is 381 g/mol. The number of pyridine rings is 1. The van der Waals surface area contributed by atoms with Crippen LogP contribution in [0.5, 0.6) is 5.75 Å². The zero-order valence-corrected chi connectivity index (χ0v) is 16.2. The number of aryl methyl sites for hydroxylation is 1. The molecule has 0 saturated carbocycles. The third-order valence-electron chi connectivity index (χ3n) is 6.21. The van der Waals surface area contributed by atoms with E-state index in [2.05, 4.69) is 27.3 Å². The van der Waals surface area contributed by atoms with Crippen LogP contribution in [-0.2, 0) is 30.9 Å². The van der Waals surface area contributed by atoms with E-state index in [1.54, 1.807) is 13.1 Å². The Bertz CT molecular complexity index is 899. The van der Waals surface area contributed by atoms with Gasteiger partial charge in [-0.3, -0.25) is 14.7 Å². The van der Waals surface area contributed by atoms with Gasteiger partial charge in [0.15, 0.2) is 0 Å². The lowest BCUT2D eigenvalue weighted by Gasteiger charge is -2.41. The Morgan fingerprint density at radius 1 is 1.29 bits per heavy atom. The number of carbonyl (C=O) groups excluding carboxylic acids is 1. The summed E-state index contributed by atoms with van der Waals surface area (Å²) in [5.74, 6) is 0.257. The topological polar surface area (TPSA) is 85.7 Å². The summed E-state index contributed by atoms with van der Waals surface area (Å²) in [7, 11) is 0.